The number of nitrogens with one attached hydrogen (secondary N) is 1. The average Bonchev–Trinajstić information content (AvgIpc) is 3.15. The second kappa shape index (κ2) is 8.95. The molecule has 0 heterocycles. The van der Waals surface area contributed by atoms with Crippen LogP contribution in [0.5, 0.6) is 5.75 Å². The summed E-state index contributed by atoms with van der Waals surface area (Å²) in [6.45, 7) is 1.94. The molecule has 1 aliphatic rings. The van der Waals surface area contributed by atoms with Crippen molar-refractivity contribution in [2.24, 2.45) is 0 Å². The molecule has 0 saturated heterocycles. The molecular formula is C21H25NO2S. The van der Waals surface area contributed by atoms with E-state index >= 15 is 0 Å². The third-order valence-corrected chi connectivity index (χ3v) is 5.65. The summed E-state index contributed by atoms with van der Waals surface area (Å²) in [5.74, 6) is 1.76. The van der Waals surface area contributed by atoms with Gasteiger partial charge in [0.2, 0.25) is 5.91 Å². The second-order valence-electron chi connectivity index (χ2n) is 6.48. The standard InChI is InChI=1S/C21H25NO2S/c1-16(25-15-17-7-3-2-4-8-17)21(23)22-18-11-13-20(14-12-18)24-19-9-5-6-10-19/h2-4,7-8,11-14,16,19H,5-6,9-10,15H2,1H3,(H,22,23)/t16-/m1/s1. The van der Waals surface area contributed by atoms with Gasteiger partial charge in [0, 0.05) is 11.4 Å². The van der Waals surface area contributed by atoms with Crippen LogP contribution in [0.1, 0.15) is 38.2 Å². The Balaban J connectivity index is 1.46. The van der Waals surface area contributed by atoms with Gasteiger partial charge in [0.15, 0.2) is 0 Å². The zero-order valence-corrected chi connectivity index (χ0v) is 15.4. The number of benzene rings is 2. The van der Waals surface area contributed by atoms with Crippen LogP contribution in [-0.4, -0.2) is 17.3 Å². The first-order chi connectivity index (χ1) is 12.2. The van der Waals surface area contributed by atoms with E-state index in [0.717, 1.165) is 30.0 Å². The summed E-state index contributed by atoms with van der Waals surface area (Å²) < 4.78 is 5.95. The predicted molar refractivity (Wildman–Crippen MR) is 105 cm³/mol. The van der Waals surface area contributed by atoms with Crippen molar-refractivity contribution in [3.8, 4) is 5.75 Å². The van der Waals surface area contributed by atoms with Gasteiger partial charge >= 0.3 is 0 Å². The van der Waals surface area contributed by atoms with Crippen molar-refractivity contribution in [3.63, 3.8) is 0 Å². The first-order valence-electron chi connectivity index (χ1n) is 8.94. The normalized spacial score (nSPS) is 15.7. The van der Waals surface area contributed by atoms with Gasteiger partial charge in [-0.1, -0.05) is 30.3 Å². The highest BCUT2D eigenvalue weighted by Gasteiger charge is 2.17. The first-order valence-corrected chi connectivity index (χ1v) is 9.99. The molecule has 2 aromatic carbocycles. The van der Waals surface area contributed by atoms with Crippen LogP contribution in [0.3, 0.4) is 0 Å². The van der Waals surface area contributed by atoms with Gasteiger partial charge in [-0.2, -0.15) is 0 Å². The number of hydrogen-bond donors (Lipinski definition) is 1. The van der Waals surface area contributed by atoms with Crippen molar-refractivity contribution in [1.29, 1.82) is 0 Å². The molecule has 0 aromatic heterocycles. The number of amides is 1. The molecule has 1 N–H and O–H groups in total. The molecule has 0 spiro atoms. The van der Waals surface area contributed by atoms with Gasteiger partial charge in [-0.05, 0) is 62.4 Å². The fourth-order valence-corrected chi connectivity index (χ4v) is 3.78. The Hall–Kier alpha value is -1.94. The maximum atomic E-state index is 12.3. The first kappa shape index (κ1) is 17.9. The lowest BCUT2D eigenvalue weighted by Crippen LogP contribution is -2.22. The zero-order valence-electron chi connectivity index (χ0n) is 14.6. The van der Waals surface area contributed by atoms with Gasteiger partial charge < -0.3 is 10.1 Å². The maximum absolute atomic E-state index is 12.3. The lowest BCUT2D eigenvalue weighted by Gasteiger charge is -2.14. The molecule has 1 saturated carbocycles. The SMILES string of the molecule is C[C@@H](SCc1ccccc1)C(=O)Nc1ccc(OC2CCCC2)cc1. The summed E-state index contributed by atoms with van der Waals surface area (Å²) in [5.41, 5.74) is 2.05. The van der Waals surface area contributed by atoms with E-state index in [2.05, 4.69) is 17.4 Å². The highest BCUT2D eigenvalue weighted by Crippen LogP contribution is 2.25. The molecule has 0 radical (unpaired) electrons. The molecule has 1 fully saturated rings. The van der Waals surface area contributed by atoms with Gasteiger partial charge in [0.1, 0.15) is 5.75 Å². The number of rotatable bonds is 7. The van der Waals surface area contributed by atoms with Gasteiger partial charge in [-0.25, -0.2) is 0 Å². The summed E-state index contributed by atoms with van der Waals surface area (Å²) in [6, 6.07) is 17.9. The monoisotopic (exact) mass is 355 g/mol. The molecule has 0 bridgehead atoms. The van der Waals surface area contributed by atoms with Crippen molar-refractivity contribution >= 4 is 23.4 Å². The van der Waals surface area contributed by atoms with E-state index in [9.17, 15) is 4.79 Å². The molecule has 132 valence electrons. The number of thioether (sulfide) groups is 1. The number of carbonyl (C=O) groups is 1. The third-order valence-electron chi connectivity index (χ3n) is 4.44. The van der Waals surface area contributed by atoms with E-state index in [1.807, 2.05) is 49.4 Å². The van der Waals surface area contributed by atoms with Crippen LogP contribution in [0.2, 0.25) is 0 Å². The molecule has 3 nitrogen and oxygen atoms in total. The minimum Gasteiger partial charge on any atom is -0.490 e. The van der Waals surface area contributed by atoms with Crippen molar-refractivity contribution in [3.05, 3.63) is 60.2 Å². The Bertz CT molecular complexity index is 666. The number of ether oxygens (including phenoxy) is 1. The molecule has 1 atom stereocenters. The topological polar surface area (TPSA) is 38.3 Å². The zero-order chi connectivity index (χ0) is 17.5. The van der Waals surface area contributed by atoms with Gasteiger partial charge in [0.25, 0.3) is 0 Å². The molecule has 2 aromatic rings. The number of carbonyl (C=O) groups excluding carboxylic acids is 1. The summed E-state index contributed by atoms with van der Waals surface area (Å²) in [7, 11) is 0. The molecule has 0 aliphatic heterocycles. The van der Waals surface area contributed by atoms with Crippen molar-refractivity contribution in [2.75, 3.05) is 5.32 Å². The molecular weight excluding hydrogens is 330 g/mol. The Morgan fingerprint density at radius 1 is 1.12 bits per heavy atom. The van der Waals surface area contributed by atoms with Gasteiger partial charge in [-0.3, -0.25) is 4.79 Å². The summed E-state index contributed by atoms with van der Waals surface area (Å²) in [6.07, 6.45) is 5.17. The highest BCUT2D eigenvalue weighted by molar-refractivity contribution is 7.99. The van der Waals surface area contributed by atoms with Crippen LogP contribution in [-0.2, 0) is 10.5 Å². The maximum Gasteiger partial charge on any atom is 0.237 e. The van der Waals surface area contributed by atoms with Crippen LogP contribution in [0.4, 0.5) is 5.69 Å². The number of anilines is 1. The van der Waals surface area contributed by atoms with E-state index in [1.165, 1.54) is 18.4 Å². The van der Waals surface area contributed by atoms with Crippen molar-refractivity contribution < 1.29 is 9.53 Å². The quantitative estimate of drug-likeness (QED) is 0.735. The predicted octanol–water partition coefficient (Wildman–Crippen LogP) is 5.27. The summed E-state index contributed by atoms with van der Waals surface area (Å²) in [4.78, 5) is 12.3. The summed E-state index contributed by atoms with van der Waals surface area (Å²) in [5, 5.41) is 2.88. The lowest BCUT2D eigenvalue weighted by atomic mass is 10.2. The smallest absolute Gasteiger partial charge is 0.237 e. The molecule has 4 heteroatoms. The Labute approximate surface area is 154 Å². The Morgan fingerprint density at radius 3 is 2.48 bits per heavy atom. The molecule has 1 amide bonds. The fraction of sp³-hybridized carbons (Fsp3) is 0.381. The minimum atomic E-state index is -0.102. The third kappa shape index (κ3) is 5.53. The van der Waals surface area contributed by atoms with Crippen molar-refractivity contribution in [1.82, 2.24) is 0 Å². The Morgan fingerprint density at radius 2 is 1.80 bits per heavy atom. The van der Waals surface area contributed by atoms with E-state index in [-0.39, 0.29) is 11.2 Å². The van der Waals surface area contributed by atoms with E-state index < -0.39 is 0 Å². The van der Waals surface area contributed by atoms with Crippen LogP contribution < -0.4 is 10.1 Å². The van der Waals surface area contributed by atoms with Crippen LogP contribution in [0.25, 0.3) is 0 Å². The molecule has 25 heavy (non-hydrogen) atoms. The van der Waals surface area contributed by atoms with Gasteiger partial charge in [0.05, 0.1) is 11.4 Å². The second-order valence-corrected chi connectivity index (χ2v) is 7.81. The molecule has 0 unspecified atom stereocenters. The average molecular weight is 356 g/mol. The minimum absolute atomic E-state index is 0.0328. The van der Waals surface area contributed by atoms with E-state index in [4.69, 9.17) is 4.74 Å². The van der Waals surface area contributed by atoms with Crippen LogP contribution >= 0.6 is 11.8 Å². The van der Waals surface area contributed by atoms with Gasteiger partial charge in [-0.15, -0.1) is 11.8 Å². The fourth-order valence-electron chi connectivity index (χ4n) is 2.93. The lowest BCUT2D eigenvalue weighted by molar-refractivity contribution is -0.115. The van der Waals surface area contributed by atoms with Crippen LogP contribution in [0, 0.1) is 0 Å². The molecule has 1 aliphatic carbocycles. The van der Waals surface area contributed by atoms with E-state index in [1.54, 1.807) is 11.8 Å². The molecule has 3 rings (SSSR count). The largest absolute Gasteiger partial charge is 0.490 e. The summed E-state index contributed by atoms with van der Waals surface area (Å²) >= 11 is 1.64. The number of hydrogen-bond acceptors (Lipinski definition) is 3. The Kier molecular flexibility index (Phi) is 6.40. The van der Waals surface area contributed by atoms with Crippen molar-refractivity contribution in [2.45, 2.75) is 49.7 Å². The van der Waals surface area contributed by atoms with Crippen LogP contribution in [0.15, 0.2) is 54.6 Å². The van der Waals surface area contributed by atoms with E-state index in [0.29, 0.717) is 6.10 Å². The highest BCUT2D eigenvalue weighted by atomic mass is 32.2.